The lowest BCUT2D eigenvalue weighted by molar-refractivity contribution is 0.585. The number of rotatable bonds is 4. The molecule has 19 heavy (non-hydrogen) atoms. The number of halogens is 1. The Balaban J connectivity index is 2.24. The van der Waals surface area contributed by atoms with Crippen LogP contribution < -0.4 is 5.32 Å². The van der Waals surface area contributed by atoms with E-state index in [2.05, 4.69) is 37.4 Å². The molecule has 1 N–H and O–H groups in total. The van der Waals surface area contributed by atoms with Crippen molar-refractivity contribution < 1.29 is 4.39 Å². The van der Waals surface area contributed by atoms with Gasteiger partial charge in [0.05, 0.1) is 0 Å². The minimum Gasteiger partial charge on any atom is -0.313 e. The molecule has 0 radical (unpaired) electrons. The van der Waals surface area contributed by atoms with Crippen LogP contribution in [0.5, 0.6) is 0 Å². The molecule has 100 valence electrons. The third-order valence-corrected chi connectivity index (χ3v) is 3.51. The summed E-state index contributed by atoms with van der Waals surface area (Å²) < 4.78 is 12.9. The maximum absolute atomic E-state index is 12.9. The average Bonchev–Trinajstić information content (AvgIpc) is 2.41. The van der Waals surface area contributed by atoms with Gasteiger partial charge in [-0.05, 0) is 56.1 Å². The van der Waals surface area contributed by atoms with Crippen LogP contribution in [0.25, 0.3) is 0 Å². The number of hydrogen-bond acceptors (Lipinski definition) is 1. The lowest BCUT2D eigenvalue weighted by Gasteiger charge is -2.19. The van der Waals surface area contributed by atoms with Gasteiger partial charge in [-0.15, -0.1) is 0 Å². The zero-order chi connectivity index (χ0) is 13.8. The van der Waals surface area contributed by atoms with Gasteiger partial charge in [0.15, 0.2) is 0 Å². The highest BCUT2D eigenvalue weighted by atomic mass is 19.1. The Morgan fingerprint density at radius 3 is 2.37 bits per heavy atom. The SMILES string of the molecule is CNC(Cc1ccc(F)cc1)c1cc(C)ccc1C. The van der Waals surface area contributed by atoms with Gasteiger partial charge in [-0.2, -0.15) is 0 Å². The molecule has 0 aromatic heterocycles. The summed E-state index contributed by atoms with van der Waals surface area (Å²) in [5.41, 5.74) is 5.00. The summed E-state index contributed by atoms with van der Waals surface area (Å²) in [4.78, 5) is 0. The first-order chi connectivity index (χ1) is 9.10. The van der Waals surface area contributed by atoms with E-state index >= 15 is 0 Å². The molecule has 0 aliphatic carbocycles. The van der Waals surface area contributed by atoms with E-state index in [1.165, 1.54) is 28.8 Å². The van der Waals surface area contributed by atoms with Crippen molar-refractivity contribution in [1.82, 2.24) is 5.32 Å². The molecule has 0 aliphatic heterocycles. The lowest BCUT2D eigenvalue weighted by Crippen LogP contribution is -2.20. The van der Waals surface area contributed by atoms with Gasteiger partial charge in [-0.3, -0.25) is 0 Å². The first-order valence-electron chi connectivity index (χ1n) is 6.59. The van der Waals surface area contributed by atoms with Gasteiger partial charge in [0.2, 0.25) is 0 Å². The van der Waals surface area contributed by atoms with Crippen molar-refractivity contribution in [3.63, 3.8) is 0 Å². The summed E-state index contributed by atoms with van der Waals surface area (Å²) in [5, 5.41) is 3.36. The molecule has 0 amide bonds. The van der Waals surface area contributed by atoms with Crippen molar-refractivity contribution in [2.75, 3.05) is 7.05 Å². The second kappa shape index (κ2) is 5.98. The monoisotopic (exact) mass is 257 g/mol. The van der Waals surface area contributed by atoms with Crippen LogP contribution in [-0.4, -0.2) is 7.05 Å². The van der Waals surface area contributed by atoms with Crippen LogP contribution in [0.15, 0.2) is 42.5 Å². The fraction of sp³-hybridized carbons (Fsp3) is 0.294. The molecule has 0 saturated heterocycles. The molecule has 2 rings (SSSR count). The maximum atomic E-state index is 12.9. The molecule has 2 aromatic rings. The molecule has 0 spiro atoms. The van der Waals surface area contributed by atoms with Gasteiger partial charge in [0.25, 0.3) is 0 Å². The smallest absolute Gasteiger partial charge is 0.123 e. The van der Waals surface area contributed by atoms with E-state index in [1.54, 1.807) is 0 Å². The molecule has 0 fully saturated rings. The third kappa shape index (κ3) is 3.42. The van der Waals surface area contributed by atoms with Crippen molar-refractivity contribution >= 4 is 0 Å². The van der Waals surface area contributed by atoms with Gasteiger partial charge < -0.3 is 5.32 Å². The molecule has 1 atom stereocenters. The summed E-state index contributed by atoms with van der Waals surface area (Å²) in [6, 6.07) is 13.5. The molecule has 2 heteroatoms. The van der Waals surface area contributed by atoms with E-state index in [9.17, 15) is 4.39 Å². The first kappa shape index (κ1) is 13.8. The van der Waals surface area contributed by atoms with E-state index in [-0.39, 0.29) is 11.9 Å². The quantitative estimate of drug-likeness (QED) is 0.874. The Morgan fingerprint density at radius 1 is 1.05 bits per heavy atom. The Hall–Kier alpha value is -1.67. The Labute approximate surface area is 114 Å². The van der Waals surface area contributed by atoms with Crippen molar-refractivity contribution in [3.8, 4) is 0 Å². The van der Waals surface area contributed by atoms with E-state index < -0.39 is 0 Å². The van der Waals surface area contributed by atoms with Crippen molar-refractivity contribution in [1.29, 1.82) is 0 Å². The number of hydrogen-bond donors (Lipinski definition) is 1. The van der Waals surface area contributed by atoms with Gasteiger partial charge in [-0.25, -0.2) is 4.39 Å². The topological polar surface area (TPSA) is 12.0 Å². The van der Waals surface area contributed by atoms with Gasteiger partial charge in [0, 0.05) is 6.04 Å². The van der Waals surface area contributed by atoms with Crippen LogP contribution in [0.3, 0.4) is 0 Å². The molecule has 0 aliphatic rings. The Kier molecular flexibility index (Phi) is 4.33. The minimum absolute atomic E-state index is 0.184. The van der Waals surface area contributed by atoms with E-state index in [4.69, 9.17) is 0 Å². The summed E-state index contributed by atoms with van der Waals surface area (Å²) in [5.74, 6) is -0.184. The van der Waals surface area contributed by atoms with Crippen LogP contribution in [0, 0.1) is 19.7 Å². The zero-order valence-corrected chi connectivity index (χ0v) is 11.7. The predicted molar refractivity (Wildman–Crippen MR) is 77.8 cm³/mol. The van der Waals surface area contributed by atoms with Gasteiger partial charge in [0.1, 0.15) is 5.82 Å². The van der Waals surface area contributed by atoms with Crippen molar-refractivity contribution in [2.24, 2.45) is 0 Å². The van der Waals surface area contributed by atoms with Crippen LogP contribution in [0.2, 0.25) is 0 Å². The molecule has 1 nitrogen and oxygen atoms in total. The zero-order valence-electron chi connectivity index (χ0n) is 11.7. The van der Waals surface area contributed by atoms with E-state index in [0.717, 1.165) is 12.0 Å². The Bertz CT molecular complexity index is 546. The normalized spacial score (nSPS) is 12.4. The second-order valence-electron chi connectivity index (χ2n) is 5.03. The van der Waals surface area contributed by atoms with E-state index in [1.807, 2.05) is 19.2 Å². The summed E-state index contributed by atoms with van der Waals surface area (Å²) in [6.45, 7) is 4.23. The molecule has 0 heterocycles. The number of likely N-dealkylation sites (N-methyl/N-ethyl adjacent to an activating group) is 1. The van der Waals surface area contributed by atoms with Gasteiger partial charge in [-0.1, -0.05) is 35.9 Å². The molecular weight excluding hydrogens is 237 g/mol. The highest BCUT2D eigenvalue weighted by molar-refractivity contribution is 5.34. The largest absolute Gasteiger partial charge is 0.313 e. The Morgan fingerprint density at radius 2 is 1.74 bits per heavy atom. The summed E-state index contributed by atoms with van der Waals surface area (Å²) in [6.07, 6.45) is 0.862. The van der Waals surface area contributed by atoms with Crippen molar-refractivity contribution in [2.45, 2.75) is 26.3 Å². The van der Waals surface area contributed by atoms with Crippen LogP contribution in [0.1, 0.15) is 28.3 Å². The molecule has 0 saturated carbocycles. The second-order valence-corrected chi connectivity index (χ2v) is 5.03. The summed E-state index contributed by atoms with van der Waals surface area (Å²) >= 11 is 0. The third-order valence-electron chi connectivity index (χ3n) is 3.51. The van der Waals surface area contributed by atoms with E-state index in [0.29, 0.717) is 0 Å². The fourth-order valence-electron chi connectivity index (χ4n) is 2.36. The standard InChI is InChI=1S/C17H20FN/c1-12-4-5-13(2)16(10-12)17(19-3)11-14-6-8-15(18)9-7-14/h4-10,17,19H,11H2,1-3H3. The number of nitrogens with one attached hydrogen (secondary N) is 1. The fourth-order valence-corrected chi connectivity index (χ4v) is 2.36. The number of aryl methyl sites for hydroxylation is 2. The number of benzene rings is 2. The van der Waals surface area contributed by atoms with Crippen LogP contribution in [0.4, 0.5) is 4.39 Å². The molecular formula is C17H20FN. The lowest BCUT2D eigenvalue weighted by atomic mass is 9.94. The molecule has 2 aromatic carbocycles. The highest BCUT2D eigenvalue weighted by Crippen LogP contribution is 2.22. The minimum atomic E-state index is -0.184. The first-order valence-corrected chi connectivity index (χ1v) is 6.59. The van der Waals surface area contributed by atoms with Crippen LogP contribution in [-0.2, 0) is 6.42 Å². The average molecular weight is 257 g/mol. The van der Waals surface area contributed by atoms with Crippen LogP contribution >= 0.6 is 0 Å². The highest BCUT2D eigenvalue weighted by Gasteiger charge is 2.12. The van der Waals surface area contributed by atoms with Crippen molar-refractivity contribution in [3.05, 3.63) is 70.5 Å². The maximum Gasteiger partial charge on any atom is 0.123 e. The summed E-state index contributed by atoms with van der Waals surface area (Å²) in [7, 11) is 1.97. The predicted octanol–water partition coefficient (Wildman–Crippen LogP) is 3.95. The molecule has 1 unspecified atom stereocenters. The van der Waals surface area contributed by atoms with Gasteiger partial charge >= 0.3 is 0 Å². The molecule has 0 bridgehead atoms.